The van der Waals surface area contributed by atoms with E-state index in [0.29, 0.717) is 17.0 Å². The van der Waals surface area contributed by atoms with E-state index in [1.807, 2.05) is 24.3 Å². The number of hydrogen-bond acceptors (Lipinski definition) is 5. The summed E-state index contributed by atoms with van der Waals surface area (Å²) in [5, 5.41) is 14.1. The summed E-state index contributed by atoms with van der Waals surface area (Å²) >= 11 is 0. The molecule has 0 aliphatic carbocycles. The van der Waals surface area contributed by atoms with E-state index in [-0.39, 0.29) is 6.42 Å². The molecule has 4 amide bonds. The molecule has 3 rings (SSSR count). The molecular formula is C21H20N4O4. The van der Waals surface area contributed by atoms with Crippen LogP contribution in [0.3, 0.4) is 0 Å². The van der Waals surface area contributed by atoms with Crippen molar-refractivity contribution in [3.63, 3.8) is 0 Å². The zero-order valence-electron chi connectivity index (χ0n) is 16.1. The Labute approximate surface area is 168 Å². The van der Waals surface area contributed by atoms with Crippen LogP contribution in [0.2, 0.25) is 0 Å². The van der Waals surface area contributed by atoms with Gasteiger partial charge in [0.25, 0.3) is 5.91 Å². The summed E-state index contributed by atoms with van der Waals surface area (Å²) in [6.07, 6.45) is 0.231. The second-order valence-electron chi connectivity index (χ2n) is 6.88. The van der Waals surface area contributed by atoms with E-state index in [2.05, 4.69) is 10.6 Å². The molecule has 29 heavy (non-hydrogen) atoms. The second-order valence-corrected chi connectivity index (χ2v) is 6.88. The monoisotopic (exact) mass is 392 g/mol. The van der Waals surface area contributed by atoms with Crippen LogP contribution in [-0.2, 0) is 16.0 Å². The zero-order chi connectivity index (χ0) is 21.0. The van der Waals surface area contributed by atoms with Crippen LogP contribution >= 0.6 is 0 Å². The number of para-hydroxylation sites is 1. The van der Waals surface area contributed by atoms with Gasteiger partial charge in [-0.25, -0.2) is 4.79 Å². The molecule has 2 aromatic carbocycles. The molecule has 1 heterocycles. The standard InChI is InChI=1S/C21H20N4O4/c1-21(11-15-5-3-4-6-17(15)29-2)19(27)25(20(28)24-21)13-18(26)23-16-9-7-14(12-22)8-10-16/h3-10H,11,13H2,1-2H3,(H,23,26)(H,24,28)/t21-/m1/s1. The van der Waals surface area contributed by atoms with Crippen LogP contribution in [0, 0.1) is 11.3 Å². The van der Waals surface area contributed by atoms with Gasteiger partial charge in [-0.05, 0) is 42.8 Å². The van der Waals surface area contributed by atoms with Gasteiger partial charge >= 0.3 is 6.03 Å². The molecule has 0 radical (unpaired) electrons. The van der Waals surface area contributed by atoms with Gasteiger partial charge in [0.05, 0.1) is 18.7 Å². The quantitative estimate of drug-likeness (QED) is 0.731. The maximum Gasteiger partial charge on any atom is 0.325 e. The van der Waals surface area contributed by atoms with E-state index in [9.17, 15) is 14.4 Å². The Bertz CT molecular complexity index is 996. The maximum absolute atomic E-state index is 12.9. The first-order valence-corrected chi connectivity index (χ1v) is 8.92. The predicted octanol–water partition coefficient (Wildman–Crippen LogP) is 2.06. The topological polar surface area (TPSA) is 112 Å². The second kappa shape index (κ2) is 8.02. The number of hydrogen-bond donors (Lipinski definition) is 2. The third-order valence-electron chi connectivity index (χ3n) is 4.68. The molecule has 8 heteroatoms. The molecule has 2 aromatic rings. The van der Waals surface area contributed by atoms with Gasteiger partial charge in [0.15, 0.2) is 0 Å². The van der Waals surface area contributed by atoms with Gasteiger partial charge < -0.3 is 15.4 Å². The fourth-order valence-corrected chi connectivity index (χ4v) is 3.21. The highest BCUT2D eigenvalue weighted by Gasteiger charge is 2.48. The number of amides is 4. The lowest BCUT2D eigenvalue weighted by molar-refractivity contribution is -0.133. The Morgan fingerprint density at radius 3 is 2.55 bits per heavy atom. The van der Waals surface area contributed by atoms with Gasteiger partial charge in [-0.3, -0.25) is 14.5 Å². The SMILES string of the molecule is COc1ccccc1C[C@@]1(C)NC(=O)N(CC(=O)Nc2ccc(C#N)cc2)C1=O. The largest absolute Gasteiger partial charge is 0.496 e. The number of nitrogens with one attached hydrogen (secondary N) is 2. The molecule has 1 aliphatic rings. The van der Waals surface area contributed by atoms with Crippen molar-refractivity contribution in [3.05, 3.63) is 59.7 Å². The van der Waals surface area contributed by atoms with E-state index in [1.54, 1.807) is 37.3 Å². The number of carbonyl (C=O) groups excluding carboxylic acids is 3. The molecule has 0 saturated carbocycles. The normalized spacial score (nSPS) is 18.2. The number of nitriles is 1. The molecule has 1 fully saturated rings. The average Bonchev–Trinajstić information content (AvgIpc) is 2.92. The Kier molecular flexibility index (Phi) is 5.50. The minimum atomic E-state index is -1.18. The van der Waals surface area contributed by atoms with Crippen molar-refractivity contribution in [1.29, 1.82) is 5.26 Å². The minimum absolute atomic E-state index is 0.231. The summed E-state index contributed by atoms with van der Waals surface area (Å²) < 4.78 is 5.32. The smallest absolute Gasteiger partial charge is 0.325 e. The highest BCUT2D eigenvalue weighted by molar-refractivity contribution is 6.10. The number of ether oxygens (including phenoxy) is 1. The van der Waals surface area contributed by atoms with Gasteiger partial charge in [0.2, 0.25) is 5.91 Å². The molecule has 148 valence electrons. The summed E-state index contributed by atoms with van der Waals surface area (Å²) in [5.41, 5.74) is 0.526. The maximum atomic E-state index is 12.9. The first kappa shape index (κ1) is 19.9. The summed E-state index contributed by atoms with van der Waals surface area (Å²) in [6, 6.07) is 14.9. The fourth-order valence-electron chi connectivity index (χ4n) is 3.21. The van der Waals surface area contributed by atoms with Crippen molar-refractivity contribution < 1.29 is 19.1 Å². The average molecular weight is 392 g/mol. The number of urea groups is 1. The number of carbonyl (C=O) groups is 3. The van der Waals surface area contributed by atoms with E-state index < -0.39 is 29.9 Å². The Morgan fingerprint density at radius 2 is 1.90 bits per heavy atom. The molecule has 0 spiro atoms. The number of methoxy groups -OCH3 is 1. The van der Waals surface area contributed by atoms with Crippen molar-refractivity contribution in [3.8, 4) is 11.8 Å². The van der Waals surface area contributed by atoms with Crippen LogP contribution in [0.1, 0.15) is 18.1 Å². The number of rotatable bonds is 6. The Morgan fingerprint density at radius 1 is 1.21 bits per heavy atom. The van der Waals surface area contributed by atoms with Crippen molar-refractivity contribution in [2.24, 2.45) is 0 Å². The lowest BCUT2D eigenvalue weighted by atomic mass is 9.92. The van der Waals surface area contributed by atoms with Crippen LogP contribution in [0.5, 0.6) is 5.75 Å². The first-order valence-electron chi connectivity index (χ1n) is 8.92. The lowest BCUT2D eigenvalue weighted by Gasteiger charge is -2.22. The van der Waals surface area contributed by atoms with Gasteiger partial charge in [-0.15, -0.1) is 0 Å². The van der Waals surface area contributed by atoms with Gasteiger partial charge in [0, 0.05) is 12.1 Å². The summed E-state index contributed by atoms with van der Waals surface area (Å²) in [6.45, 7) is 1.21. The van der Waals surface area contributed by atoms with Crippen molar-refractivity contribution in [2.45, 2.75) is 18.9 Å². The number of nitrogens with zero attached hydrogens (tertiary/aromatic N) is 2. The van der Waals surface area contributed by atoms with Crippen LogP contribution in [0.15, 0.2) is 48.5 Å². The zero-order valence-corrected chi connectivity index (χ0v) is 16.1. The Balaban J connectivity index is 1.69. The molecule has 8 nitrogen and oxygen atoms in total. The highest BCUT2D eigenvalue weighted by atomic mass is 16.5. The third kappa shape index (κ3) is 4.19. The number of benzene rings is 2. The van der Waals surface area contributed by atoms with E-state index >= 15 is 0 Å². The summed E-state index contributed by atoms with van der Waals surface area (Å²) in [5.74, 6) is -0.379. The first-order chi connectivity index (χ1) is 13.9. The number of anilines is 1. The number of imide groups is 1. The molecule has 0 aromatic heterocycles. The molecule has 0 unspecified atom stereocenters. The van der Waals surface area contributed by atoms with Crippen LogP contribution in [0.4, 0.5) is 10.5 Å². The molecule has 1 saturated heterocycles. The van der Waals surface area contributed by atoms with Crippen molar-refractivity contribution in [1.82, 2.24) is 10.2 Å². The summed E-state index contributed by atoms with van der Waals surface area (Å²) in [7, 11) is 1.54. The van der Waals surface area contributed by atoms with Crippen LogP contribution in [0.25, 0.3) is 0 Å². The molecule has 1 aliphatic heterocycles. The third-order valence-corrected chi connectivity index (χ3v) is 4.68. The molecule has 0 bridgehead atoms. The molecule has 1 atom stereocenters. The Hall–Kier alpha value is -3.86. The van der Waals surface area contributed by atoms with E-state index in [0.717, 1.165) is 10.5 Å². The lowest BCUT2D eigenvalue weighted by Crippen LogP contribution is -2.46. The van der Waals surface area contributed by atoms with Gasteiger partial charge in [-0.1, -0.05) is 18.2 Å². The predicted molar refractivity (Wildman–Crippen MR) is 105 cm³/mol. The van der Waals surface area contributed by atoms with Crippen molar-refractivity contribution >= 4 is 23.5 Å². The molecular weight excluding hydrogens is 372 g/mol. The molecule has 2 N–H and O–H groups in total. The van der Waals surface area contributed by atoms with E-state index in [1.165, 1.54) is 7.11 Å². The minimum Gasteiger partial charge on any atom is -0.496 e. The van der Waals surface area contributed by atoms with Crippen LogP contribution < -0.4 is 15.4 Å². The van der Waals surface area contributed by atoms with Crippen molar-refractivity contribution in [2.75, 3.05) is 19.0 Å². The van der Waals surface area contributed by atoms with Gasteiger partial charge in [0.1, 0.15) is 17.8 Å². The summed E-state index contributed by atoms with van der Waals surface area (Å²) in [4.78, 5) is 38.5. The highest BCUT2D eigenvalue weighted by Crippen LogP contribution is 2.27. The van der Waals surface area contributed by atoms with E-state index in [4.69, 9.17) is 10.00 Å². The van der Waals surface area contributed by atoms with Crippen LogP contribution in [-0.4, -0.2) is 41.9 Å². The fraction of sp³-hybridized carbons (Fsp3) is 0.238. The van der Waals surface area contributed by atoms with Gasteiger partial charge in [-0.2, -0.15) is 5.26 Å².